The number of aromatic nitrogens is 4. The van der Waals surface area contributed by atoms with Gasteiger partial charge in [0.15, 0.2) is 11.5 Å². The van der Waals surface area contributed by atoms with Crippen molar-refractivity contribution in [3.63, 3.8) is 0 Å². The Labute approximate surface area is 179 Å². The zero-order chi connectivity index (χ0) is 20.6. The first-order valence-corrected chi connectivity index (χ1v) is 10.3. The third-order valence-electron chi connectivity index (χ3n) is 5.73. The number of ether oxygens (including phenoxy) is 3. The van der Waals surface area contributed by atoms with Crippen LogP contribution in [0.3, 0.4) is 0 Å². The van der Waals surface area contributed by atoms with Crippen LogP contribution in [0.1, 0.15) is 17.4 Å². The van der Waals surface area contributed by atoms with Gasteiger partial charge in [-0.3, -0.25) is 9.88 Å². The molecule has 1 aromatic carbocycles. The van der Waals surface area contributed by atoms with Gasteiger partial charge >= 0.3 is 0 Å². The van der Waals surface area contributed by atoms with Gasteiger partial charge in [0.1, 0.15) is 11.8 Å². The Balaban J connectivity index is 1.21. The van der Waals surface area contributed by atoms with Crippen molar-refractivity contribution in [1.82, 2.24) is 24.7 Å². The number of nitrogens with zero attached hydrogens (tertiary/aromatic N) is 5. The monoisotopic (exact) mass is 415 g/mol. The molecule has 0 unspecified atom stereocenters. The summed E-state index contributed by atoms with van der Waals surface area (Å²) in [6, 6.07) is 14.2. The number of pyridine rings is 2. The fraction of sp³-hybridized carbons (Fsp3) is 0.261. The highest BCUT2D eigenvalue weighted by Crippen LogP contribution is 2.33. The van der Waals surface area contributed by atoms with E-state index in [1.54, 1.807) is 6.20 Å². The highest BCUT2D eigenvalue weighted by atomic mass is 16.7. The van der Waals surface area contributed by atoms with Gasteiger partial charge in [0, 0.05) is 49.4 Å². The Morgan fingerprint density at radius 3 is 2.94 bits per heavy atom. The number of hydrogen-bond acceptors (Lipinski definition) is 7. The fourth-order valence-electron chi connectivity index (χ4n) is 4.16. The third kappa shape index (κ3) is 3.49. The number of morpholine rings is 1. The van der Waals surface area contributed by atoms with Crippen molar-refractivity contribution >= 4 is 5.52 Å². The van der Waals surface area contributed by atoms with E-state index in [2.05, 4.69) is 44.5 Å². The number of hydrogen-bond donors (Lipinski definition) is 0. The van der Waals surface area contributed by atoms with Gasteiger partial charge in [-0.1, -0.05) is 23.4 Å². The molecule has 2 aliphatic rings. The smallest absolute Gasteiger partial charge is 0.231 e. The van der Waals surface area contributed by atoms with Crippen LogP contribution in [0.15, 0.2) is 61.1 Å². The summed E-state index contributed by atoms with van der Waals surface area (Å²) in [5.74, 6) is 1.63. The first-order valence-electron chi connectivity index (χ1n) is 10.3. The predicted octanol–water partition coefficient (Wildman–Crippen LogP) is 3.09. The number of benzene rings is 1. The Hall–Kier alpha value is -3.49. The molecule has 4 aromatic rings. The number of rotatable bonds is 4. The molecule has 5 heterocycles. The van der Waals surface area contributed by atoms with E-state index in [1.165, 1.54) is 5.56 Å². The van der Waals surface area contributed by atoms with Gasteiger partial charge in [-0.2, -0.15) is 0 Å². The van der Waals surface area contributed by atoms with E-state index in [4.69, 9.17) is 14.2 Å². The van der Waals surface area contributed by atoms with E-state index < -0.39 is 0 Å². The molecule has 0 bridgehead atoms. The molecule has 1 atom stereocenters. The average molecular weight is 415 g/mol. The molecule has 0 radical (unpaired) electrons. The molecule has 8 nitrogen and oxygen atoms in total. The van der Waals surface area contributed by atoms with Crippen LogP contribution in [0.25, 0.3) is 16.6 Å². The Morgan fingerprint density at radius 1 is 1.03 bits per heavy atom. The Bertz CT molecular complexity index is 1230. The molecular formula is C23H21N5O3. The summed E-state index contributed by atoms with van der Waals surface area (Å²) in [6.07, 6.45) is 5.48. The van der Waals surface area contributed by atoms with Gasteiger partial charge in [-0.15, -0.1) is 5.10 Å². The summed E-state index contributed by atoms with van der Waals surface area (Å²) in [4.78, 5) is 6.57. The lowest BCUT2D eigenvalue weighted by molar-refractivity contribution is -0.0343. The second-order valence-corrected chi connectivity index (χ2v) is 7.75. The van der Waals surface area contributed by atoms with Crippen molar-refractivity contribution in [2.75, 3.05) is 26.5 Å². The lowest BCUT2D eigenvalue weighted by Gasteiger charge is -2.32. The highest BCUT2D eigenvalue weighted by molar-refractivity contribution is 5.65. The van der Waals surface area contributed by atoms with Crippen LogP contribution >= 0.6 is 0 Å². The molecule has 31 heavy (non-hydrogen) atoms. The molecule has 0 spiro atoms. The van der Waals surface area contributed by atoms with E-state index in [0.29, 0.717) is 13.4 Å². The quantitative estimate of drug-likeness (QED) is 0.507. The first-order chi connectivity index (χ1) is 15.3. The third-order valence-corrected chi connectivity index (χ3v) is 5.73. The molecule has 0 aliphatic carbocycles. The molecule has 6 rings (SSSR count). The maximum absolute atomic E-state index is 6.08. The van der Waals surface area contributed by atoms with Gasteiger partial charge in [-0.05, 0) is 29.8 Å². The molecule has 0 amide bonds. The second kappa shape index (κ2) is 7.64. The van der Waals surface area contributed by atoms with Crippen molar-refractivity contribution in [2.45, 2.75) is 12.6 Å². The highest BCUT2D eigenvalue weighted by Gasteiger charge is 2.26. The van der Waals surface area contributed by atoms with Crippen molar-refractivity contribution in [1.29, 1.82) is 0 Å². The standard InChI is InChI=1S/C23H21N5O3/c1-2-17(11-24-7-1)18-4-5-19-23(25-26-28(19)13-18)22-14-27(8-9-29-22)12-16-3-6-20-21(10-16)31-15-30-20/h1-7,10-11,13,22H,8-9,12,14-15H2/t22-/m1/s1. The SMILES string of the molecule is c1cncc(-c2ccc3c([C@H]4CN(Cc5ccc6c(c5)OCO6)CCO4)nnn3c2)c1. The van der Waals surface area contributed by atoms with Crippen molar-refractivity contribution in [3.05, 3.63) is 72.3 Å². The molecule has 3 aromatic heterocycles. The molecule has 8 heteroatoms. The van der Waals surface area contributed by atoms with Crippen molar-refractivity contribution in [3.8, 4) is 22.6 Å². The second-order valence-electron chi connectivity index (χ2n) is 7.75. The van der Waals surface area contributed by atoms with Crippen LogP contribution in [-0.4, -0.2) is 51.2 Å². The summed E-state index contributed by atoms with van der Waals surface area (Å²) in [5.41, 5.74) is 5.12. The maximum Gasteiger partial charge on any atom is 0.231 e. The first kappa shape index (κ1) is 18.3. The average Bonchev–Trinajstić information content (AvgIpc) is 3.46. The summed E-state index contributed by atoms with van der Waals surface area (Å²) < 4.78 is 18.8. The van der Waals surface area contributed by atoms with Crippen LogP contribution in [0.5, 0.6) is 11.5 Å². The zero-order valence-electron chi connectivity index (χ0n) is 16.8. The van der Waals surface area contributed by atoms with E-state index in [0.717, 1.165) is 53.5 Å². The van der Waals surface area contributed by atoms with E-state index in [-0.39, 0.29) is 6.10 Å². The molecule has 0 saturated carbocycles. The van der Waals surface area contributed by atoms with E-state index in [1.807, 2.05) is 35.1 Å². The number of fused-ring (bicyclic) bond motifs is 2. The van der Waals surface area contributed by atoms with Gasteiger partial charge in [0.2, 0.25) is 6.79 Å². The Morgan fingerprint density at radius 2 is 2.00 bits per heavy atom. The Kier molecular flexibility index (Phi) is 4.51. The summed E-state index contributed by atoms with van der Waals surface area (Å²) in [6.45, 7) is 3.40. The summed E-state index contributed by atoms with van der Waals surface area (Å²) in [7, 11) is 0. The molecule has 1 fully saturated rings. The van der Waals surface area contributed by atoms with Crippen molar-refractivity contribution < 1.29 is 14.2 Å². The minimum atomic E-state index is -0.121. The minimum Gasteiger partial charge on any atom is -0.454 e. The summed E-state index contributed by atoms with van der Waals surface area (Å²) in [5, 5.41) is 8.80. The van der Waals surface area contributed by atoms with Gasteiger partial charge in [0.05, 0.1) is 12.1 Å². The molecule has 2 aliphatic heterocycles. The van der Waals surface area contributed by atoms with Crippen LogP contribution in [-0.2, 0) is 11.3 Å². The summed E-state index contributed by atoms with van der Waals surface area (Å²) >= 11 is 0. The van der Waals surface area contributed by atoms with Crippen LogP contribution < -0.4 is 9.47 Å². The van der Waals surface area contributed by atoms with E-state index >= 15 is 0 Å². The minimum absolute atomic E-state index is 0.121. The lowest BCUT2D eigenvalue weighted by Crippen LogP contribution is -2.38. The molecule has 156 valence electrons. The zero-order valence-corrected chi connectivity index (χ0v) is 16.8. The van der Waals surface area contributed by atoms with Gasteiger partial charge < -0.3 is 14.2 Å². The lowest BCUT2D eigenvalue weighted by atomic mass is 10.1. The van der Waals surface area contributed by atoms with Crippen LogP contribution in [0.4, 0.5) is 0 Å². The van der Waals surface area contributed by atoms with Crippen LogP contribution in [0.2, 0.25) is 0 Å². The normalized spacial score (nSPS) is 18.5. The van der Waals surface area contributed by atoms with Gasteiger partial charge in [0.25, 0.3) is 0 Å². The van der Waals surface area contributed by atoms with Crippen molar-refractivity contribution in [2.24, 2.45) is 0 Å². The largest absolute Gasteiger partial charge is 0.454 e. The van der Waals surface area contributed by atoms with Crippen LogP contribution in [0, 0.1) is 0 Å². The van der Waals surface area contributed by atoms with Gasteiger partial charge in [-0.25, -0.2) is 4.52 Å². The molecular weight excluding hydrogens is 394 g/mol. The maximum atomic E-state index is 6.08. The molecule has 1 saturated heterocycles. The fourth-order valence-corrected chi connectivity index (χ4v) is 4.16. The molecule has 0 N–H and O–H groups in total. The van der Waals surface area contributed by atoms with E-state index in [9.17, 15) is 0 Å². The predicted molar refractivity (Wildman–Crippen MR) is 113 cm³/mol. The topological polar surface area (TPSA) is 74.0 Å².